The second kappa shape index (κ2) is 10.2. The molecule has 2 rings (SSSR count). The predicted octanol–water partition coefficient (Wildman–Crippen LogP) is 6.06. The third kappa shape index (κ3) is 7.73. The van der Waals surface area contributed by atoms with Gasteiger partial charge in [0.15, 0.2) is 0 Å². The third-order valence-electron chi connectivity index (χ3n) is 5.84. The molecule has 0 bridgehead atoms. The largest absolute Gasteiger partial charge is 0.508 e. The van der Waals surface area contributed by atoms with Crippen molar-refractivity contribution >= 4 is 6.47 Å². The van der Waals surface area contributed by atoms with Crippen LogP contribution < -0.4 is 0 Å². The number of carbonyl (C=O) groups is 1. The van der Waals surface area contributed by atoms with Gasteiger partial charge in [0.05, 0.1) is 0 Å². The molecule has 158 valence electrons. The molecule has 0 atom stereocenters. The third-order valence-corrected chi connectivity index (χ3v) is 5.84. The first-order chi connectivity index (χ1) is 13.2. The van der Waals surface area contributed by atoms with Crippen LogP contribution in [-0.4, -0.2) is 22.3 Å². The van der Waals surface area contributed by atoms with Gasteiger partial charge in [-0.2, -0.15) is 0 Å². The molecule has 0 spiro atoms. The minimum absolute atomic E-state index is 0.206. The first kappa shape index (κ1) is 22.6. The molecule has 2 N–H and O–H groups in total. The second-order valence-electron chi connectivity index (χ2n) is 9.69. The number of hydrogen-bond donors (Lipinski definition) is 2. The van der Waals surface area contributed by atoms with Crippen LogP contribution in [0.4, 0.5) is 0 Å². The van der Waals surface area contributed by atoms with Gasteiger partial charge in [-0.3, -0.25) is 4.79 Å². The highest BCUT2D eigenvalue weighted by Crippen LogP contribution is 2.43. The molecule has 4 nitrogen and oxygen atoms in total. The number of aromatic hydroxyl groups is 2. The van der Waals surface area contributed by atoms with E-state index in [2.05, 4.69) is 20.8 Å². The lowest BCUT2D eigenvalue weighted by molar-refractivity contribution is -0.135. The fourth-order valence-electron chi connectivity index (χ4n) is 3.82. The summed E-state index contributed by atoms with van der Waals surface area (Å²) in [6.45, 7) is 7.38. The van der Waals surface area contributed by atoms with Gasteiger partial charge >= 0.3 is 0 Å². The van der Waals surface area contributed by atoms with Crippen molar-refractivity contribution in [2.45, 2.75) is 103 Å². The summed E-state index contributed by atoms with van der Waals surface area (Å²) in [6, 6.07) is 3.46. The number of rotatable bonds is 13. The average Bonchev–Trinajstić information content (AvgIpc) is 3.37. The molecule has 0 amide bonds. The molecule has 0 aromatic heterocycles. The number of aryl methyl sites for hydroxylation is 2. The Hall–Kier alpha value is -1.71. The van der Waals surface area contributed by atoms with Crippen molar-refractivity contribution in [3.63, 3.8) is 0 Å². The number of ether oxygens (including phenoxy) is 1. The van der Waals surface area contributed by atoms with Crippen LogP contribution in [0.25, 0.3) is 0 Å². The van der Waals surface area contributed by atoms with E-state index in [1.165, 1.54) is 19.3 Å². The zero-order valence-electron chi connectivity index (χ0n) is 17.9. The topological polar surface area (TPSA) is 66.8 Å². The zero-order chi connectivity index (χ0) is 20.6. The fraction of sp³-hybridized carbons (Fsp3) is 0.708. The van der Waals surface area contributed by atoms with Crippen molar-refractivity contribution in [2.24, 2.45) is 5.41 Å². The molecule has 0 unspecified atom stereocenters. The lowest BCUT2D eigenvalue weighted by Gasteiger charge is -2.17. The van der Waals surface area contributed by atoms with E-state index in [0.29, 0.717) is 17.6 Å². The quantitative estimate of drug-likeness (QED) is 0.244. The molecule has 1 aliphatic rings. The van der Waals surface area contributed by atoms with Crippen molar-refractivity contribution in [2.75, 3.05) is 0 Å². The predicted molar refractivity (Wildman–Crippen MR) is 113 cm³/mol. The van der Waals surface area contributed by atoms with Gasteiger partial charge in [-0.05, 0) is 86.5 Å². The van der Waals surface area contributed by atoms with Gasteiger partial charge in [0.1, 0.15) is 17.1 Å². The Kier molecular flexibility index (Phi) is 8.21. The Morgan fingerprint density at radius 3 is 1.96 bits per heavy atom. The minimum Gasteiger partial charge on any atom is -0.508 e. The van der Waals surface area contributed by atoms with Gasteiger partial charge in [0.2, 0.25) is 0 Å². The van der Waals surface area contributed by atoms with Crippen molar-refractivity contribution in [3.8, 4) is 11.5 Å². The molecule has 1 aliphatic carbocycles. The smallest absolute Gasteiger partial charge is 0.293 e. The summed E-state index contributed by atoms with van der Waals surface area (Å²) in [7, 11) is 0. The van der Waals surface area contributed by atoms with Crippen LogP contribution in [-0.2, 0) is 22.4 Å². The van der Waals surface area contributed by atoms with Crippen LogP contribution in [0.1, 0.15) is 96.1 Å². The molecule has 4 heteroatoms. The number of benzene rings is 1. The SMILES string of the molecule is CC(C)(C)CCCCCCc1cc(O)c(CCCCC2(OC=O)CC2)cc1O. The van der Waals surface area contributed by atoms with E-state index < -0.39 is 0 Å². The number of unbranched alkanes of at least 4 members (excludes halogenated alkanes) is 4. The summed E-state index contributed by atoms with van der Waals surface area (Å²) in [5.41, 5.74) is 1.84. The molecule has 0 aliphatic heterocycles. The van der Waals surface area contributed by atoms with Crippen LogP contribution in [0.2, 0.25) is 0 Å². The van der Waals surface area contributed by atoms with Gasteiger partial charge in [-0.1, -0.05) is 40.0 Å². The Labute approximate surface area is 170 Å². The van der Waals surface area contributed by atoms with E-state index in [1.54, 1.807) is 12.1 Å². The summed E-state index contributed by atoms with van der Waals surface area (Å²) in [4.78, 5) is 10.5. The summed E-state index contributed by atoms with van der Waals surface area (Å²) < 4.78 is 5.16. The highest BCUT2D eigenvalue weighted by atomic mass is 16.5. The Bertz CT molecular complexity index is 626. The molecule has 0 radical (unpaired) electrons. The molecule has 1 aromatic rings. The van der Waals surface area contributed by atoms with Crippen molar-refractivity contribution in [3.05, 3.63) is 23.3 Å². The second-order valence-corrected chi connectivity index (χ2v) is 9.69. The number of carbonyl (C=O) groups excluding carboxylic acids is 1. The molecular weight excluding hydrogens is 352 g/mol. The minimum atomic E-state index is -0.206. The van der Waals surface area contributed by atoms with E-state index >= 15 is 0 Å². The molecule has 28 heavy (non-hydrogen) atoms. The highest BCUT2D eigenvalue weighted by Gasteiger charge is 2.44. The maximum atomic E-state index is 10.5. The van der Waals surface area contributed by atoms with Crippen molar-refractivity contribution < 1.29 is 19.7 Å². The van der Waals surface area contributed by atoms with Gasteiger partial charge in [-0.25, -0.2) is 0 Å². The van der Waals surface area contributed by atoms with Gasteiger partial charge in [0.25, 0.3) is 6.47 Å². The van der Waals surface area contributed by atoms with Crippen molar-refractivity contribution in [1.82, 2.24) is 0 Å². The van der Waals surface area contributed by atoms with E-state index in [1.807, 2.05) is 0 Å². The first-order valence-corrected chi connectivity index (χ1v) is 10.9. The number of phenols is 2. The van der Waals surface area contributed by atoms with Crippen molar-refractivity contribution in [1.29, 1.82) is 0 Å². The Morgan fingerprint density at radius 1 is 0.929 bits per heavy atom. The summed E-state index contributed by atoms with van der Waals surface area (Å²) in [5, 5.41) is 20.6. The van der Waals surface area contributed by atoms with Gasteiger partial charge in [-0.15, -0.1) is 0 Å². The van der Waals surface area contributed by atoms with Gasteiger partial charge < -0.3 is 14.9 Å². The zero-order valence-corrected chi connectivity index (χ0v) is 17.9. The standard InChI is InChI=1S/C24H38O4/c1-23(2,3)12-8-5-4-6-10-19-16-22(27)20(17-21(19)26)11-7-9-13-24(14-15-24)28-18-25/h16-18,26-27H,4-15H2,1-3H3. The van der Waals surface area contributed by atoms with Crippen LogP contribution in [0.5, 0.6) is 11.5 Å². The lowest BCUT2D eigenvalue weighted by atomic mass is 9.89. The van der Waals surface area contributed by atoms with E-state index in [0.717, 1.165) is 68.9 Å². The van der Waals surface area contributed by atoms with E-state index in [9.17, 15) is 15.0 Å². The maximum Gasteiger partial charge on any atom is 0.293 e. The van der Waals surface area contributed by atoms with Crippen LogP contribution in [0, 0.1) is 5.41 Å². The summed E-state index contributed by atoms with van der Waals surface area (Å²) in [6.07, 6.45) is 12.1. The molecule has 1 aromatic carbocycles. The summed E-state index contributed by atoms with van der Waals surface area (Å²) in [5.74, 6) is 0.580. The fourth-order valence-corrected chi connectivity index (χ4v) is 3.82. The van der Waals surface area contributed by atoms with Crippen LogP contribution in [0.15, 0.2) is 12.1 Å². The maximum absolute atomic E-state index is 10.5. The number of phenolic OH excluding ortho intramolecular Hbond substituents is 2. The van der Waals surface area contributed by atoms with Crippen LogP contribution >= 0.6 is 0 Å². The number of hydrogen-bond acceptors (Lipinski definition) is 4. The highest BCUT2D eigenvalue weighted by molar-refractivity contribution is 5.45. The lowest BCUT2D eigenvalue weighted by Crippen LogP contribution is -2.12. The Balaban J connectivity index is 1.70. The first-order valence-electron chi connectivity index (χ1n) is 10.9. The average molecular weight is 391 g/mol. The molecular formula is C24H38O4. The summed E-state index contributed by atoms with van der Waals surface area (Å²) >= 11 is 0. The monoisotopic (exact) mass is 390 g/mol. The molecule has 0 saturated heterocycles. The van der Waals surface area contributed by atoms with Crippen LogP contribution in [0.3, 0.4) is 0 Å². The Morgan fingerprint density at radius 2 is 1.46 bits per heavy atom. The molecule has 0 heterocycles. The van der Waals surface area contributed by atoms with E-state index in [-0.39, 0.29) is 11.4 Å². The molecule has 1 saturated carbocycles. The van der Waals surface area contributed by atoms with E-state index in [4.69, 9.17) is 4.74 Å². The normalized spacial score (nSPS) is 15.4. The molecule has 1 fully saturated rings. The van der Waals surface area contributed by atoms with Gasteiger partial charge in [0, 0.05) is 0 Å².